The minimum atomic E-state index is 0.479. The Hall–Kier alpha value is -2.40. The van der Waals surface area contributed by atoms with Crippen LogP contribution in [0.2, 0.25) is 0 Å². The molecule has 0 bridgehead atoms. The van der Waals surface area contributed by atoms with Gasteiger partial charge in [0.25, 0.3) is 0 Å². The van der Waals surface area contributed by atoms with Gasteiger partial charge in [0, 0.05) is 31.5 Å². The van der Waals surface area contributed by atoms with Crippen LogP contribution in [0.1, 0.15) is 29.5 Å². The van der Waals surface area contributed by atoms with Gasteiger partial charge >= 0.3 is 0 Å². The molecule has 0 saturated carbocycles. The maximum Gasteiger partial charge on any atom is 0.0661 e. The Morgan fingerprint density at radius 2 is 1.96 bits per heavy atom. The SMILES string of the molecule is Cc1cc(C)n(C2CCN(Cc3ccnn3-c3ccccc3)C2)n1. The molecule has 4 rings (SSSR count). The highest BCUT2D eigenvalue weighted by atomic mass is 15.3. The normalized spacial score (nSPS) is 18.3. The lowest BCUT2D eigenvalue weighted by Gasteiger charge is -2.18. The molecule has 0 amide bonds. The molecule has 5 heteroatoms. The van der Waals surface area contributed by atoms with Gasteiger partial charge in [0.2, 0.25) is 0 Å². The van der Waals surface area contributed by atoms with Gasteiger partial charge in [0.05, 0.1) is 23.1 Å². The fourth-order valence-electron chi connectivity index (χ4n) is 3.65. The van der Waals surface area contributed by atoms with Gasteiger partial charge in [-0.05, 0) is 44.5 Å². The van der Waals surface area contributed by atoms with E-state index in [2.05, 4.69) is 70.0 Å². The average molecular weight is 321 g/mol. The summed E-state index contributed by atoms with van der Waals surface area (Å²) in [5.74, 6) is 0. The lowest BCUT2D eigenvalue weighted by Crippen LogP contribution is -2.23. The van der Waals surface area contributed by atoms with E-state index in [0.29, 0.717) is 6.04 Å². The summed E-state index contributed by atoms with van der Waals surface area (Å²) in [6.07, 6.45) is 3.04. The largest absolute Gasteiger partial charge is 0.295 e. The molecule has 1 unspecified atom stereocenters. The third-order valence-electron chi connectivity index (χ3n) is 4.75. The minimum absolute atomic E-state index is 0.479. The predicted octanol–water partition coefficient (Wildman–Crippen LogP) is 3.13. The molecule has 2 aromatic heterocycles. The van der Waals surface area contributed by atoms with Gasteiger partial charge in [-0.1, -0.05) is 18.2 Å². The summed E-state index contributed by atoms with van der Waals surface area (Å²) in [4.78, 5) is 2.50. The fourth-order valence-corrected chi connectivity index (χ4v) is 3.65. The number of hydrogen-bond donors (Lipinski definition) is 0. The Bertz CT molecular complexity index is 817. The standard InChI is InChI=1S/C19H23N5/c1-15-12-16(2)23(21-15)19-9-11-22(14-19)13-18-8-10-20-24(18)17-6-4-3-5-7-17/h3-8,10,12,19H,9,11,13-14H2,1-2H3. The second kappa shape index (κ2) is 6.24. The second-order valence-electron chi connectivity index (χ2n) is 6.62. The van der Waals surface area contributed by atoms with Crippen molar-refractivity contribution in [3.63, 3.8) is 0 Å². The molecule has 1 aromatic carbocycles. The molecular formula is C19H23N5. The summed E-state index contributed by atoms with van der Waals surface area (Å²) in [7, 11) is 0. The van der Waals surface area contributed by atoms with Gasteiger partial charge in [-0.2, -0.15) is 10.2 Å². The third kappa shape index (κ3) is 2.87. The van der Waals surface area contributed by atoms with E-state index in [1.54, 1.807) is 0 Å². The highest BCUT2D eigenvalue weighted by Gasteiger charge is 2.26. The summed E-state index contributed by atoms with van der Waals surface area (Å²) in [5, 5.41) is 9.16. The summed E-state index contributed by atoms with van der Waals surface area (Å²) in [6, 6.07) is 15.1. The van der Waals surface area contributed by atoms with Crippen LogP contribution in [0.25, 0.3) is 5.69 Å². The summed E-state index contributed by atoms with van der Waals surface area (Å²) < 4.78 is 4.24. The van der Waals surface area contributed by atoms with Crippen molar-refractivity contribution in [1.29, 1.82) is 0 Å². The Morgan fingerprint density at radius 3 is 2.71 bits per heavy atom. The fraction of sp³-hybridized carbons (Fsp3) is 0.368. The first-order chi connectivity index (χ1) is 11.7. The van der Waals surface area contributed by atoms with Crippen LogP contribution in [-0.2, 0) is 6.54 Å². The van der Waals surface area contributed by atoms with E-state index in [4.69, 9.17) is 0 Å². The first-order valence-corrected chi connectivity index (χ1v) is 8.54. The lowest BCUT2D eigenvalue weighted by molar-refractivity contribution is 0.304. The van der Waals surface area contributed by atoms with Gasteiger partial charge in [-0.15, -0.1) is 0 Å². The van der Waals surface area contributed by atoms with Crippen molar-refractivity contribution in [3.05, 3.63) is 65.7 Å². The quantitative estimate of drug-likeness (QED) is 0.741. The van der Waals surface area contributed by atoms with Crippen molar-refractivity contribution < 1.29 is 0 Å². The van der Waals surface area contributed by atoms with Gasteiger partial charge in [-0.25, -0.2) is 4.68 Å². The Morgan fingerprint density at radius 1 is 1.12 bits per heavy atom. The minimum Gasteiger partial charge on any atom is -0.295 e. The molecule has 3 heterocycles. The van der Waals surface area contributed by atoms with Crippen molar-refractivity contribution in [3.8, 4) is 5.69 Å². The molecule has 3 aromatic rings. The Balaban J connectivity index is 1.48. The van der Waals surface area contributed by atoms with Crippen LogP contribution in [0, 0.1) is 13.8 Å². The van der Waals surface area contributed by atoms with Crippen LogP contribution in [0.5, 0.6) is 0 Å². The number of para-hydroxylation sites is 1. The van der Waals surface area contributed by atoms with Crippen molar-refractivity contribution in [2.24, 2.45) is 0 Å². The van der Waals surface area contributed by atoms with E-state index in [1.807, 2.05) is 16.9 Å². The molecule has 24 heavy (non-hydrogen) atoms. The number of nitrogens with zero attached hydrogens (tertiary/aromatic N) is 5. The molecule has 5 nitrogen and oxygen atoms in total. The zero-order valence-electron chi connectivity index (χ0n) is 14.3. The molecule has 0 radical (unpaired) electrons. The lowest BCUT2D eigenvalue weighted by atomic mass is 10.2. The molecule has 0 aliphatic carbocycles. The smallest absolute Gasteiger partial charge is 0.0661 e. The van der Waals surface area contributed by atoms with Gasteiger partial charge in [0.15, 0.2) is 0 Å². The maximum atomic E-state index is 4.66. The van der Waals surface area contributed by atoms with E-state index in [-0.39, 0.29) is 0 Å². The topological polar surface area (TPSA) is 38.9 Å². The number of aromatic nitrogens is 4. The molecule has 1 saturated heterocycles. The van der Waals surface area contributed by atoms with Crippen molar-refractivity contribution in [1.82, 2.24) is 24.5 Å². The van der Waals surface area contributed by atoms with E-state index < -0.39 is 0 Å². The number of hydrogen-bond acceptors (Lipinski definition) is 3. The van der Waals surface area contributed by atoms with Gasteiger partial charge in [-0.3, -0.25) is 9.58 Å². The van der Waals surface area contributed by atoms with Gasteiger partial charge in [0.1, 0.15) is 0 Å². The van der Waals surface area contributed by atoms with Crippen LogP contribution in [0.15, 0.2) is 48.7 Å². The molecule has 0 N–H and O–H groups in total. The van der Waals surface area contributed by atoms with Crippen molar-refractivity contribution in [2.45, 2.75) is 32.9 Å². The van der Waals surface area contributed by atoms with Crippen LogP contribution in [0.3, 0.4) is 0 Å². The molecule has 0 spiro atoms. The molecule has 1 aliphatic rings. The predicted molar refractivity (Wildman–Crippen MR) is 94.2 cm³/mol. The molecule has 124 valence electrons. The van der Waals surface area contributed by atoms with E-state index in [0.717, 1.165) is 37.4 Å². The maximum absolute atomic E-state index is 4.66. The summed E-state index contributed by atoms with van der Waals surface area (Å²) >= 11 is 0. The van der Waals surface area contributed by atoms with Crippen LogP contribution < -0.4 is 0 Å². The number of benzene rings is 1. The van der Waals surface area contributed by atoms with Crippen molar-refractivity contribution >= 4 is 0 Å². The average Bonchev–Trinajstić information content (AvgIpc) is 3.29. The van der Waals surface area contributed by atoms with Crippen LogP contribution in [0.4, 0.5) is 0 Å². The van der Waals surface area contributed by atoms with Crippen molar-refractivity contribution in [2.75, 3.05) is 13.1 Å². The van der Waals surface area contributed by atoms with Gasteiger partial charge < -0.3 is 0 Å². The van der Waals surface area contributed by atoms with Crippen LogP contribution in [-0.4, -0.2) is 37.6 Å². The van der Waals surface area contributed by atoms with Crippen LogP contribution >= 0.6 is 0 Å². The molecular weight excluding hydrogens is 298 g/mol. The number of likely N-dealkylation sites (tertiary alicyclic amines) is 1. The second-order valence-corrected chi connectivity index (χ2v) is 6.62. The summed E-state index contributed by atoms with van der Waals surface area (Å²) in [5.41, 5.74) is 4.71. The highest BCUT2D eigenvalue weighted by Crippen LogP contribution is 2.24. The Kier molecular flexibility index (Phi) is 3.94. The number of aryl methyl sites for hydroxylation is 2. The zero-order valence-corrected chi connectivity index (χ0v) is 14.3. The van der Waals surface area contributed by atoms with E-state index in [1.165, 1.54) is 11.4 Å². The highest BCUT2D eigenvalue weighted by molar-refractivity contribution is 5.32. The number of rotatable bonds is 4. The van der Waals surface area contributed by atoms with E-state index >= 15 is 0 Å². The Labute approximate surface area is 142 Å². The first-order valence-electron chi connectivity index (χ1n) is 8.54. The zero-order chi connectivity index (χ0) is 16.5. The third-order valence-corrected chi connectivity index (χ3v) is 4.75. The van der Waals surface area contributed by atoms with E-state index in [9.17, 15) is 0 Å². The molecule has 1 atom stereocenters. The summed E-state index contributed by atoms with van der Waals surface area (Å²) in [6.45, 7) is 7.28. The molecule has 1 fully saturated rings. The first kappa shape index (κ1) is 15.1. The molecule has 1 aliphatic heterocycles. The monoisotopic (exact) mass is 321 g/mol.